The Hall–Kier alpha value is -2.36. The number of aliphatic imine (C=N–C) groups is 1. The van der Waals surface area contributed by atoms with Crippen molar-refractivity contribution in [1.82, 2.24) is 4.98 Å². The molecule has 1 saturated carbocycles. The first-order valence-corrected chi connectivity index (χ1v) is 6.36. The molecule has 0 spiro atoms. The molecule has 0 atom stereocenters. The number of hydrogen-bond donors (Lipinski definition) is 1. The summed E-state index contributed by atoms with van der Waals surface area (Å²) in [5, 5.41) is 9.80. The molecule has 1 aromatic heterocycles. The summed E-state index contributed by atoms with van der Waals surface area (Å²) in [6.45, 7) is 0. The van der Waals surface area contributed by atoms with E-state index in [-0.39, 0.29) is 5.95 Å². The highest BCUT2D eigenvalue weighted by Crippen LogP contribution is 2.42. The minimum absolute atomic E-state index is 0.104. The number of rotatable bonds is 2. The molecule has 4 nitrogen and oxygen atoms in total. The van der Waals surface area contributed by atoms with Gasteiger partial charge in [-0.1, -0.05) is 18.2 Å². The van der Waals surface area contributed by atoms with Crippen molar-refractivity contribution < 1.29 is 9.52 Å². The van der Waals surface area contributed by atoms with Crippen LogP contribution in [0.25, 0.3) is 11.6 Å². The number of aromatic nitrogens is 1. The largest absolute Gasteiger partial charge is 0.479 e. The maximum atomic E-state index is 9.80. The fraction of sp³-hybridized carbons (Fsp3) is 0.200. The van der Waals surface area contributed by atoms with Gasteiger partial charge in [0.2, 0.25) is 5.89 Å². The molecule has 2 heterocycles. The van der Waals surface area contributed by atoms with E-state index in [2.05, 4.69) is 9.98 Å². The Kier molecular flexibility index (Phi) is 2.12. The molecule has 1 aliphatic carbocycles. The number of fused-ring (bicyclic) bond motifs is 1. The third-order valence-electron chi connectivity index (χ3n) is 3.43. The van der Waals surface area contributed by atoms with Crippen molar-refractivity contribution >= 4 is 23.6 Å². The molecule has 0 unspecified atom stereocenters. The van der Waals surface area contributed by atoms with Crippen LogP contribution in [0.4, 0.5) is 5.69 Å². The van der Waals surface area contributed by atoms with Crippen molar-refractivity contribution in [3.8, 4) is 5.95 Å². The van der Waals surface area contributed by atoms with Gasteiger partial charge in [-0.25, -0.2) is 4.98 Å². The Morgan fingerprint density at radius 2 is 2.11 bits per heavy atom. The topological polar surface area (TPSA) is 58.6 Å². The number of para-hydroxylation sites is 1. The number of hydrogen-bond acceptors (Lipinski definition) is 4. The highest BCUT2D eigenvalue weighted by molar-refractivity contribution is 6.21. The molecule has 4 heteroatoms. The van der Waals surface area contributed by atoms with E-state index in [4.69, 9.17) is 4.42 Å². The fourth-order valence-corrected chi connectivity index (χ4v) is 2.24. The van der Waals surface area contributed by atoms with Gasteiger partial charge in [0.1, 0.15) is 5.69 Å². The van der Waals surface area contributed by atoms with Gasteiger partial charge in [0, 0.05) is 23.3 Å². The monoisotopic (exact) mass is 252 g/mol. The first-order chi connectivity index (χ1) is 9.31. The zero-order chi connectivity index (χ0) is 12.8. The Morgan fingerprint density at radius 1 is 1.26 bits per heavy atom. The molecular weight excluding hydrogens is 240 g/mol. The van der Waals surface area contributed by atoms with E-state index in [1.165, 1.54) is 0 Å². The van der Waals surface area contributed by atoms with Gasteiger partial charge in [-0.15, -0.1) is 0 Å². The summed E-state index contributed by atoms with van der Waals surface area (Å²) >= 11 is 0. The predicted molar refractivity (Wildman–Crippen MR) is 72.6 cm³/mol. The molecule has 4 rings (SSSR count). The summed E-state index contributed by atoms with van der Waals surface area (Å²) in [7, 11) is 0. The standard InChI is InChI=1S/C15H12N2O2/c18-15-13(17-14(19-15)9-5-6-9)7-10-8-16-12-4-2-1-3-11(10)12/h1-4,7-9,18H,5-6H2/b10-7+. The van der Waals surface area contributed by atoms with Gasteiger partial charge in [-0.2, -0.15) is 0 Å². The van der Waals surface area contributed by atoms with Crippen LogP contribution in [0.1, 0.15) is 35.9 Å². The summed E-state index contributed by atoms with van der Waals surface area (Å²) in [5.74, 6) is 0.933. The number of aromatic hydroxyl groups is 1. The van der Waals surface area contributed by atoms with E-state index < -0.39 is 0 Å². The average Bonchev–Trinajstić information content (AvgIpc) is 3.11. The van der Waals surface area contributed by atoms with E-state index >= 15 is 0 Å². The molecule has 0 radical (unpaired) electrons. The maximum Gasteiger partial charge on any atom is 0.310 e. The second-order valence-corrected chi connectivity index (χ2v) is 4.89. The van der Waals surface area contributed by atoms with E-state index in [1.54, 1.807) is 6.21 Å². The van der Waals surface area contributed by atoms with Gasteiger partial charge < -0.3 is 9.52 Å². The minimum Gasteiger partial charge on any atom is -0.479 e. The number of oxazole rings is 1. The Balaban J connectivity index is 1.75. The van der Waals surface area contributed by atoms with Gasteiger partial charge in [0.25, 0.3) is 0 Å². The Morgan fingerprint density at radius 3 is 2.95 bits per heavy atom. The molecule has 0 amide bonds. The molecule has 2 aromatic rings. The second kappa shape index (κ2) is 3.82. The van der Waals surface area contributed by atoms with E-state index in [0.717, 1.165) is 29.7 Å². The molecule has 0 saturated heterocycles. The molecule has 19 heavy (non-hydrogen) atoms. The van der Waals surface area contributed by atoms with Crippen LogP contribution in [0.3, 0.4) is 0 Å². The first kappa shape index (κ1) is 10.6. The Bertz CT molecular complexity index is 709. The molecule has 1 aliphatic heterocycles. The van der Waals surface area contributed by atoms with E-state index in [0.29, 0.717) is 17.5 Å². The van der Waals surface area contributed by atoms with Crippen LogP contribution in [-0.4, -0.2) is 16.3 Å². The summed E-state index contributed by atoms with van der Waals surface area (Å²) in [6, 6.07) is 7.90. The summed E-state index contributed by atoms with van der Waals surface area (Å²) in [4.78, 5) is 8.68. The summed E-state index contributed by atoms with van der Waals surface area (Å²) in [6.07, 6.45) is 5.80. The lowest BCUT2D eigenvalue weighted by molar-refractivity contribution is 0.316. The molecule has 94 valence electrons. The normalized spacial score (nSPS) is 19.1. The maximum absolute atomic E-state index is 9.80. The lowest BCUT2D eigenvalue weighted by Crippen LogP contribution is -1.82. The van der Waals surface area contributed by atoms with Crippen LogP contribution in [0.15, 0.2) is 33.7 Å². The molecule has 1 aromatic carbocycles. The van der Waals surface area contributed by atoms with E-state index in [9.17, 15) is 5.11 Å². The third-order valence-corrected chi connectivity index (χ3v) is 3.43. The SMILES string of the molecule is Oc1oc(C2CC2)nc1/C=C1\C=Nc2ccccc21. The van der Waals surface area contributed by atoms with Gasteiger partial charge in [-0.05, 0) is 25.0 Å². The number of allylic oxidation sites excluding steroid dienone is 1. The number of nitrogens with zero attached hydrogens (tertiary/aromatic N) is 2. The molecule has 1 fully saturated rings. The molecule has 1 N–H and O–H groups in total. The Labute approximate surface area is 110 Å². The lowest BCUT2D eigenvalue weighted by atomic mass is 10.1. The van der Waals surface area contributed by atoms with Crippen LogP contribution in [0.2, 0.25) is 0 Å². The predicted octanol–water partition coefficient (Wildman–Crippen LogP) is 3.51. The van der Waals surface area contributed by atoms with Crippen molar-refractivity contribution in [1.29, 1.82) is 0 Å². The fourth-order valence-electron chi connectivity index (χ4n) is 2.24. The van der Waals surface area contributed by atoms with Crippen LogP contribution in [0.5, 0.6) is 5.95 Å². The molecule has 2 aliphatic rings. The van der Waals surface area contributed by atoms with E-state index in [1.807, 2.05) is 30.3 Å². The highest BCUT2D eigenvalue weighted by atomic mass is 16.5. The van der Waals surface area contributed by atoms with Gasteiger partial charge in [0.05, 0.1) is 5.69 Å². The third kappa shape index (κ3) is 1.76. The lowest BCUT2D eigenvalue weighted by Gasteiger charge is -1.97. The second-order valence-electron chi connectivity index (χ2n) is 4.89. The molecule has 0 bridgehead atoms. The van der Waals surface area contributed by atoms with Crippen molar-refractivity contribution in [3.63, 3.8) is 0 Å². The molecular formula is C15H12N2O2. The highest BCUT2D eigenvalue weighted by Gasteiger charge is 2.30. The van der Waals surface area contributed by atoms with Crippen LogP contribution >= 0.6 is 0 Å². The van der Waals surface area contributed by atoms with Crippen molar-refractivity contribution in [2.75, 3.05) is 0 Å². The number of benzene rings is 1. The van der Waals surface area contributed by atoms with Gasteiger partial charge in [0.15, 0.2) is 0 Å². The first-order valence-electron chi connectivity index (χ1n) is 6.36. The summed E-state index contributed by atoms with van der Waals surface area (Å²) < 4.78 is 5.29. The summed E-state index contributed by atoms with van der Waals surface area (Å²) in [5.41, 5.74) is 3.43. The minimum atomic E-state index is -0.104. The average molecular weight is 252 g/mol. The van der Waals surface area contributed by atoms with Crippen LogP contribution < -0.4 is 0 Å². The van der Waals surface area contributed by atoms with Crippen molar-refractivity contribution in [3.05, 3.63) is 41.4 Å². The van der Waals surface area contributed by atoms with Crippen molar-refractivity contribution in [2.45, 2.75) is 18.8 Å². The van der Waals surface area contributed by atoms with Crippen molar-refractivity contribution in [2.24, 2.45) is 4.99 Å². The zero-order valence-corrected chi connectivity index (χ0v) is 10.2. The van der Waals surface area contributed by atoms with Crippen LogP contribution in [-0.2, 0) is 0 Å². The van der Waals surface area contributed by atoms with Crippen LogP contribution in [0, 0.1) is 0 Å². The quantitative estimate of drug-likeness (QED) is 0.889. The smallest absolute Gasteiger partial charge is 0.310 e. The van der Waals surface area contributed by atoms with Gasteiger partial charge in [-0.3, -0.25) is 4.99 Å². The zero-order valence-electron chi connectivity index (χ0n) is 10.2. The van der Waals surface area contributed by atoms with Gasteiger partial charge >= 0.3 is 5.95 Å².